The number of halogens is 1. The van der Waals surface area contributed by atoms with Gasteiger partial charge < -0.3 is 20.9 Å². The van der Waals surface area contributed by atoms with E-state index in [0.717, 1.165) is 25.7 Å². The van der Waals surface area contributed by atoms with Gasteiger partial charge in [0.1, 0.15) is 12.6 Å². The molecular formula is C16H31ClN2O4. The quantitative estimate of drug-likeness (QED) is 0.432. The van der Waals surface area contributed by atoms with Crippen molar-refractivity contribution in [3.63, 3.8) is 0 Å². The Kier molecular flexibility index (Phi) is 12.1. The van der Waals surface area contributed by atoms with Gasteiger partial charge in [-0.3, -0.25) is 9.59 Å². The Morgan fingerprint density at radius 3 is 2.57 bits per heavy atom. The summed E-state index contributed by atoms with van der Waals surface area (Å²) < 4.78 is 4.93. The molecule has 1 saturated carbocycles. The minimum Gasteiger partial charge on any atom is -0.464 e. The van der Waals surface area contributed by atoms with Crippen LogP contribution in [0.15, 0.2) is 0 Å². The number of aliphatic hydroxyl groups excluding tert-OH is 1. The van der Waals surface area contributed by atoms with Gasteiger partial charge in [-0.05, 0) is 18.8 Å². The van der Waals surface area contributed by atoms with E-state index >= 15 is 0 Å². The van der Waals surface area contributed by atoms with E-state index in [2.05, 4.69) is 5.32 Å². The molecule has 0 radical (unpaired) electrons. The van der Waals surface area contributed by atoms with E-state index < -0.39 is 24.0 Å². The minimum atomic E-state index is -1.27. The second-order valence-corrected chi connectivity index (χ2v) is 6.14. The molecule has 0 saturated heterocycles. The number of rotatable bonds is 9. The zero-order valence-corrected chi connectivity index (χ0v) is 14.8. The molecule has 2 atom stereocenters. The Morgan fingerprint density at radius 2 is 1.96 bits per heavy atom. The lowest BCUT2D eigenvalue weighted by atomic mass is 9.84. The number of unbranched alkanes of at least 4 members (excludes halogenated alkanes) is 1. The van der Waals surface area contributed by atoms with Gasteiger partial charge in [-0.25, -0.2) is 0 Å². The third-order valence-corrected chi connectivity index (χ3v) is 4.17. The Bertz CT molecular complexity index is 349. The van der Waals surface area contributed by atoms with Crippen molar-refractivity contribution in [2.45, 2.75) is 70.4 Å². The van der Waals surface area contributed by atoms with E-state index in [1.165, 1.54) is 19.3 Å². The second-order valence-electron chi connectivity index (χ2n) is 6.14. The molecular weight excluding hydrogens is 320 g/mol. The normalized spacial score (nSPS) is 17.7. The predicted octanol–water partition coefficient (Wildman–Crippen LogP) is 1.53. The van der Waals surface area contributed by atoms with E-state index in [9.17, 15) is 14.7 Å². The zero-order chi connectivity index (χ0) is 16.4. The molecule has 1 aliphatic rings. The molecule has 1 unspecified atom stereocenters. The first-order chi connectivity index (χ1) is 10.5. The van der Waals surface area contributed by atoms with Gasteiger partial charge in [-0.1, -0.05) is 45.4 Å². The van der Waals surface area contributed by atoms with Crippen LogP contribution in [0.1, 0.15) is 58.3 Å². The van der Waals surface area contributed by atoms with Crippen molar-refractivity contribution in [3.05, 3.63) is 0 Å². The van der Waals surface area contributed by atoms with Gasteiger partial charge in [0, 0.05) is 6.04 Å². The van der Waals surface area contributed by atoms with Gasteiger partial charge in [0.05, 0.1) is 6.61 Å². The molecule has 6 nitrogen and oxygen atoms in total. The average molecular weight is 351 g/mol. The summed E-state index contributed by atoms with van der Waals surface area (Å²) >= 11 is 0. The third kappa shape index (κ3) is 9.13. The SMILES string of the molecule is CCCCOC(=O)CNC(=O)C(O)[C@H](N)CC1CCCCC1.Cl. The predicted molar refractivity (Wildman–Crippen MR) is 91.3 cm³/mol. The van der Waals surface area contributed by atoms with E-state index in [0.29, 0.717) is 18.9 Å². The molecule has 23 heavy (non-hydrogen) atoms. The number of aliphatic hydroxyl groups is 1. The number of hydrogen-bond donors (Lipinski definition) is 3. The summed E-state index contributed by atoms with van der Waals surface area (Å²) in [4.78, 5) is 23.2. The van der Waals surface area contributed by atoms with Gasteiger partial charge >= 0.3 is 5.97 Å². The van der Waals surface area contributed by atoms with Gasteiger partial charge in [0.15, 0.2) is 0 Å². The van der Waals surface area contributed by atoms with Crippen LogP contribution in [0.5, 0.6) is 0 Å². The highest BCUT2D eigenvalue weighted by atomic mass is 35.5. The van der Waals surface area contributed by atoms with Crippen LogP contribution in [-0.2, 0) is 14.3 Å². The first-order valence-corrected chi connectivity index (χ1v) is 8.41. The van der Waals surface area contributed by atoms with Gasteiger partial charge in [-0.2, -0.15) is 0 Å². The molecule has 0 heterocycles. The number of esters is 1. The van der Waals surface area contributed by atoms with Crippen molar-refractivity contribution in [3.8, 4) is 0 Å². The summed E-state index contributed by atoms with van der Waals surface area (Å²) in [6, 6.07) is -0.584. The molecule has 0 aromatic rings. The molecule has 0 spiro atoms. The van der Waals surface area contributed by atoms with Crippen molar-refractivity contribution in [2.24, 2.45) is 11.7 Å². The smallest absolute Gasteiger partial charge is 0.325 e. The van der Waals surface area contributed by atoms with Gasteiger partial charge in [0.2, 0.25) is 0 Å². The van der Waals surface area contributed by atoms with Gasteiger partial charge in [-0.15, -0.1) is 12.4 Å². The summed E-state index contributed by atoms with van der Waals surface area (Å²) in [7, 11) is 0. The minimum absolute atomic E-state index is 0. The molecule has 1 fully saturated rings. The monoisotopic (exact) mass is 350 g/mol. The highest BCUT2D eigenvalue weighted by molar-refractivity contribution is 5.85. The molecule has 1 amide bonds. The van der Waals surface area contributed by atoms with Crippen molar-refractivity contribution in [2.75, 3.05) is 13.2 Å². The van der Waals surface area contributed by atoms with Crippen LogP contribution in [0.25, 0.3) is 0 Å². The lowest BCUT2D eigenvalue weighted by molar-refractivity contribution is -0.145. The fraction of sp³-hybridized carbons (Fsp3) is 0.875. The Labute approximate surface area is 144 Å². The standard InChI is InChI=1S/C16H30N2O4.ClH/c1-2-3-9-22-14(19)11-18-16(21)15(20)13(17)10-12-7-5-4-6-8-12;/h12-13,15,20H,2-11,17H2,1H3,(H,18,21);1H/t13-,15?;/m1./s1. The molecule has 0 aromatic carbocycles. The highest BCUT2D eigenvalue weighted by Crippen LogP contribution is 2.27. The maximum absolute atomic E-state index is 11.8. The first kappa shape index (κ1) is 22.1. The van der Waals surface area contributed by atoms with Crippen molar-refractivity contribution in [1.82, 2.24) is 5.32 Å². The topological polar surface area (TPSA) is 102 Å². The number of carbonyl (C=O) groups excluding carboxylic acids is 2. The zero-order valence-electron chi connectivity index (χ0n) is 14.0. The second kappa shape index (κ2) is 12.6. The van der Waals surface area contributed by atoms with Crippen LogP contribution in [0, 0.1) is 5.92 Å². The lowest BCUT2D eigenvalue weighted by Gasteiger charge is -2.26. The third-order valence-electron chi connectivity index (χ3n) is 4.17. The van der Waals surface area contributed by atoms with Crippen LogP contribution >= 0.6 is 12.4 Å². The largest absolute Gasteiger partial charge is 0.464 e. The maximum Gasteiger partial charge on any atom is 0.325 e. The number of hydrogen-bond acceptors (Lipinski definition) is 5. The fourth-order valence-electron chi connectivity index (χ4n) is 2.78. The van der Waals surface area contributed by atoms with Crippen LogP contribution < -0.4 is 11.1 Å². The molecule has 0 aliphatic heterocycles. The molecule has 1 aliphatic carbocycles. The number of ether oxygens (including phenoxy) is 1. The van der Waals surface area contributed by atoms with Crippen molar-refractivity contribution >= 4 is 24.3 Å². The average Bonchev–Trinajstić information content (AvgIpc) is 2.53. The van der Waals surface area contributed by atoms with E-state index in [-0.39, 0.29) is 19.0 Å². The van der Waals surface area contributed by atoms with Crippen molar-refractivity contribution in [1.29, 1.82) is 0 Å². The number of carbonyl (C=O) groups is 2. The van der Waals surface area contributed by atoms with Crippen LogP contribution in [0.4, 0.5) is 0 Å². The Hall–Kier alpha value is -0.850. The lowest BCUT2D eigenvalue weighted by Crippen LogP contribution is -2.48. The van der Waals surface area contributed by atoms with E-state index in [1.54, 1.807) is 0 Å². The van der Waals surface area contributed by atoms with Crippen LogP contribution in [0.2, 0.25) is 0 Å². The number of nitrogens with one attached hydrogen (secondary N) is 1. The molecule has 1 rings (SSSR count). The molecule has 136 valence electrons. The summed E-state index contributed by atoms with van der Waals surface area (Å²) in [5.41, 5.74) is 5.93. The van der Waals surface area contributed by atoms with Crippen molar-refractivity contribution < 1.29 is 19.4 Å². The Morgan fingerprint density at radius 1 is 1.30 bits per heavy atom. The molecule has 7 heteroatoms. The number of nitrogens with two attached hydrogens (primary N) is 1. The number of amides is 1. The maximum atomic E-state index is 11.8. The van der Waals surface area contributed by atoms with Gasteiger partial charge in [0.25, 0.3) is 5.91 Å². The molecule has 0 bridgehead atoms. The van der Waals surface area contributed by atoms with E-state index in [4.69, 9.17) is 10.5 Å². The summed E-state index contributed by atoms with van der Waals surface area (Å²) in [5, 5.41) is 12.3. The summed E-state index contributed by atoms with van der Waals surface area (Å²) in [5.74, 6) is -0.601. The summed E-state index contributed by atoms with van der Waals surface area (Å²) in [6.07, 6.45) is 7.00. The Balaban J connectivity index is 0.00000484. The molecule has 4 N–H and O–H groups in total. The van der Waals surface area contributed by atoms with Crippen LogP contribution in [-0.4, -0.2) is 42.3 Å². The molecule has 0 aromatic heterocycles. The first-order valence-electron chi connectivity index (χ1n) is 8.41. The van der Waals surface area contributed by atoms with Crippen LogP contribution in [0.3, 0.4) is 0 Å². The summed E-state index contributed by atoms with van der Waals surface area (Å²) in [6.45, 7) is 2.13. The van der Waals surface area contributed by atoms with E-state index in [1.807, 2.05) is 6.92 Å². The highest BCUT2D eigenvalue weighted by Gasteiger charge is 2.26. The fourth-order valence-corrected chi connectivity index (χ4v) is 2.78.